The van der Waals surface area contributed by atoms with Crippen LogP contribution in [-0.2, 0) is 6.54 Å². The van der Waals surface area contributed by atoms with Crippen LogP contribution >= 0.6 is 34.8 Å². The predicted octanol–water partition coefficient (Wildman–Crippen LogP) is 7.91. The van der Waals surface area contributed by atoms with Crippen molar-refractivity contribution in [1.29, 1.82) is 0 Å². The van der Waals surface area contributed by atoms with Crippen LogP contribution in [0.3, 0.4) is 0 Å². The first kappa shape index (κ1) is 24.7. The number of hydrogen-bond donors (Lipinski definition) is 0. The Kier molecular flexibility index (Phi) is 7.16. The van der Waals surface area contributed by atoms with Crippen molar-refractivity contribution in [3.8, 4) is 11.3 Å². The van der Waals surface area contributed by atoms with E-state index in [-0.39, 0.29) is 5.91 Å². The molecule has 2 bridgehead atoms. The Morgan fingerprint density at radius 2 is 1.86 bits per heavy atom. The Morgan fingerprint density at radius 1 is 1.03 bits per heavy atom. The molecule has 2 fully saturated rings. The molecule has 3 atom stereocenters. The molecule has 0 aliphatic heterocycles. The third-order valence-electron chi connectivity index (χ3n) is 7.61. The summed E-state index contributed by atoms with van der Waals surface area (Å²) in [6.07, 6.45) is 5.86. The van der Waals surface area contributed by atoms with Crippen LogP contribution in [0, 0.1) is 18.8 Å². The van der Waals surface area contributed by atoms with Gasteiger partial charge in [0.1, 0.15) is 0 Å². The molecule has 184 valence electrons. The number of amides is 1. The van der Waals surface area contributed by atoms with Crippen LogP contribution in [0.25, 0.3) is 11.3 Å². The molecular formula is C28H30Cl3N3O. The lowest BCUT2D eigenvalue weighted by molar-refractivity contribution is 0.0604. The highest BCUT2D eigenvalue weighted by Gasteiger charge is 2.44. The van der Waals surface area contributed by atoms with Crippen LogP contribution < -0.4 is 0 Å². The zero-order valence-corrected chi connectivity index (χ0v) is 22.4. The molecule has 1 amide bonds. The second-order valence-corrected chi connectivity index (χ2v) is 11.2. The molecule has 0 N–H and O–H groups in total. The molecule has 3 unspecified atom stereocenters. The number of benzene rings is 2. The second kappa shape index (κ2) is 10.2. The van der Waals surface area contributed by atoms with Crippen molar-refractivity contribution in [2.75, 3.05) is 6.54 Å². The summed E-state index contributed by atoms with van der Waals surface area (Å²) in [5.74, 6) is 1.42. The average Bonchev–Trinajstić information content (AvgIpc) is 3.57. The molecule has 7 heteroatoms. The van der Waals surface area contributed by atoms with E-state index in [9.17, 15) is 4.79 Å². The predicted molar refractivity (Wildman–Crippen MR) is 144 cm³/mol. The Labute approximate surface area is 222 Å². The Balaban J connectivity index is 1.52. The standard InChI is InChI=1S/C28H30Cl3N3O/c1-3-10-33(26-13-18-6-7-20(26)11-18)28(35)25-15-27(21-8-9-22(29)24(31)14-21)34(32-25)16-19-5-4-17(2)23(30)12-19/h4-5,8-9,12,14-15,18,20,26H,3,6-7,10-11,13,16H2,1-2H3. The van der Waals surface area contributed by atoms with Gasteiger partial charge in [-0.25, -0.2) is 0 Å². The van der Waals surface area contributed by atoms with E-state index in [1.54, 1.807) is 6.07 Å². The third kappa shape index (κ3) is 4.98. The maximum atomic E-state index is 13.8. The fraction of sp³-hybridized carbons (Fsp3) is 0.429. The van der Waals surface area contributed by atoms with Crippen molar-refractivity contribution in [2.45, 2.75) is 58.5 Å². The Morgan fingerprint density at radius 3 is 2.51 bits per heavy atom. The SMILES string of the molecule is CCCN(C(=O)c1cc(-c2ccc(Cl)c(Cl)c2)n(Cc2ccc(C)c(Cl)c2)n1)C1CC2CCC1C2. The number of fused-ring (bicyclic) bond motifs is 2. The van der Waals surface area contributed by atoms with Gasteiger partial charge in [0.2, 0.25) is 0 Å². The molecule has 0 saturated heterocycles. The molecule has 2 aromatic carbocycles. The highest BCUT2D eigenvalue weighted by molar-refractivity contribution is 6.42. The normalized spacial score (nSPS) is 21.0. The molecule has 3 aromatic rings. The first-order valence-corrected chi connectivity index (χ1v) is 13.6. The topological polar surface area (TPSA) is 38.1 Å². The smallest absolute Gasteiger partial charge is 0.274 e. The third-order valence-corrected chi connectivity index (χ3v) is 8.76. The fourth-order valence-corrected chi connectivity index (χ4v) is 6.34. The number of nitrogens with zero attached hydrogens (tertiary/aromatic N) is 3. The summed E-state index contributed by atoms with van der Waals surface area (Å²) in [5, 5.41) is 6.51. The van der Waals surface area contributed by atoms with Crippen molar-refractivity contribution in [2.24, 2.45) is 11.8 Å². The van der Waals surface area contributed by atoms with Gasteiger partial charge in [0.05, 0.1) is 22.3 Å². The van der Waals surface area contributed by atoms with E-state index >= 15 is 0 Å². The monoisotopic (exact) mass is 529 g/mol. The highest BCUT2D eigenvalue weighted by atomic mass is 35.5. The van der Waals surface area contributed by atoms with Crippen LogP contribution in [-0.4, -0.2) is 33.2 Å². The largest absolute Gasteiger partial charge is 0.334 e. The number of rotatable bonds is 7. The minimum Gasteiger partial charge on any atom is -0.334 e. The lowest BCUT2D eigenvalue weighted by Gasteiger charge is -2.34. The van der Waals surface area contributed by atoms with Crippen LogP contribution in [0.2, 0.25) is 15.1 Å². The zero-order chi connectivity index (χ0) is 24.7. The molecule has 5 rings (SSSR count). The Bertz CT molecular complexity index is 1250. The van der Waals surface area contributed by atoms with E-state index in [0.717, 1.165) is 47.7 Å². The maximum Gasteiger partial charge on any atom is 0.274 e. The first-order chi connectivity index (χ1) is 16.8. The fourth-order valence-electron chi connectivity index (χ4n) is 5.84. The van der Waals surface area contributed by atoms with Gasteiger partial charge in [0, 0.05) is 23.2 Å². The van der Waals surface area contributed by atoms with Crippen molar-refractivity contribution >= 4 is 40.7 Å². The van der Waals surface area contributed by atoms with Crippen LogP contribution in [0.5, 0.6) is 0 Å². The van der Waals surface area contributed by atoms with E-state index in [2.05, 4.69) is 11.8 Å². The van der Waals surface area contributed by atoms with E-state index in [4.69, 9.17) is 39.9 Å². The molecule has 0 radical (unpaired) electrons. The highest BCUT2D eigenvalue weighted by Crippen LogP contribution is 2.47. The van der Waals surface area contributed by atoms with Crippen molar-refractivity contribution in [1.82, 2.24) is 14.7 Å². The lowest BCUT2D eigenvalue weighted by atomic mass is 9.93. The minimum absolute atomic E-state index is 0.0198. The van der Waals surface area contributed by atoms with Gasteiger partial charge in [-0.05, 0) is 79.8 Å². The van der Waals surface area contributed by atoms with Gasteiger partial charge in [-0.1, -0.05) is 66.3 Å². The summed E-state index contributed by atoms with van der Waals surface area (Å²) in [6.45, 7) is 5.37. The molecule has 1 aromatic heterocycles. The number of halogens is 3. The van der Waals surface area contributed by atoms with Gasteiger partial charge in [-0.2, -0.15) is 5.10 Å². The summed E-state index contributed by atoms with van der Waals surface area (Å²) < 4.78 is 1.87. The van der Waals surface area contributed by atoms with Gasteiger partial charge in [-0.15, -0.1) is 0 Å². The average molecular weight is 531 g/mol. The van der Waals surface area contributed by atoms with E-state index in [1.807, 2.05) is 48.0 Å². The number of hydrogen-bond acceptors (Lipinski definition) is 2. The van der Waals surface area contributed by atoms with Crippen molar-refractivity contribution < 1.29 is 4.79 Å². The lowest BCUT2D eigenvalue weighted by Crippen LogP contribution is -2.44. The Hall–Kier alpha value is -2.01. The van der Waals surface area contributed by atoms with Crippen LogP contribution in [0.4, 0.5) is 0 Å². The first-order valence-electron chi connectivity index (χ1n) is 12.4. The quantitative estimate of drug-likeness (QED) is 0.311. The number of carbonyl (C=O) groups excluding carboxylic acids is 1. The van der Waals surface area contributed by atoms with Gasteiger partial charge < -0.3 is 4.90 Å². The second-order valence-electron chi connectivity index (χ2n) is 10.0. The maximum absolute atomic E-state index is 13.8. The molecule has 35 heavy (non-hydrogen) atoms. The molecule has 1 heterocycles. The summed E-state index contributed by atoms with van der Waals surface area (Å²) >= 11 is 18.9. The molecule has 2 saturated carbocycles. The van der Waals surface area contributed by atoms with E-state index in [1.165, 1.54) is 19.3 Å². The van der Waals surface area contributed by atoms with Crippen molar-refractivity contribution in [3.05, 3.63) is 74.4 Å². The van der Waals surface area contributed by atoms with Crippen LogP contribution in [0.15, 0.2) is 42.5 Å². The van der Waals surface area contributed by atoms with Gasteiger partial charge in [-0.3, -0.25) is 9.48 Å². The molecule has 0 spiro atoms. The van der Waals surface area contributed by atoms with Gasteiger partial charge in [0.15, 0.2) is 5.69 Å². The number of aromatic nitrogens is 2. The summed E-state index contributed by atoms with van der Waals surface area (Å²) in [6, 6.07) is 13.7. The summed E-state index contributed by atoms with van der Waals surface area (Å²) in [4.78, 5) is 15.9. The summed E-state index contributed by atoms with van der Waals surface area (Å²) in [7, 11) is 0. The van der Waals surface area contributed by atoms with Crippen molar-refractivity contribution in [3.63, 3.8) is 0 Å². The van der Waals surface area contributed by atoms with E-state index in [0.29, 0.717) is 39.3 Å². The summed E-state index contributed by atoms with van der Waals surface area (Å²) in [5.41, 5.74) is 4.21. The molecular weight excluding hydrogens is 501 g/mol. The number of aryl methyl sites for hydroxylation is 1. The zero-order valence-electron chi connectivity index (χ0n) is 20.1. The van der Waals surface area contributed by atoms with E-state index < -0.39 is 0 Å². The molecule has 4 nitrogen and oxygen atoms in total. The molecule has 2 aliphatic rings. The molecule has 2 aliphatic carbocycles. The minimum atomic E-state index is 0.0198. The van der Waals surface area contributed by atoms with Gasteiger partial charge >= 0.3 is 0 Å². The van der Waals surface area contributed by atoms with Crippen LogP contribution in [0.1, 0.15) is 60.6 Å². The van der Waals surface area contributed by atoms with Gasteiger partial charge in [0.25, 0.3) is 5.91 Å². The number of carbonyl (C=O) groups is 1.